The van der Waals surface area contributed by atoms with Crippen LogP contribution in [-0.2, 0) is 11.3 Å². The average Bonchev–Trinajstić information content (AvgIpc) is 2.49. The number of aliphatic hydroxyl groups excluding tert-OH is 1. The van der Waals surface area contributed by atoms with Crippen LogP contribution in [0.5, 0.6) is 0 Å². The zero-order valence-electron chi connectivity index (χ0n) is 11.8. The van der Waals surface area contributed by atoms with Crippen LogP contribution < -0.4 is 0 Å². The Morgan fingerprint density at radius 2 is 2.24 bits per heavy atom. The lowest BCUT2D eigenvalue weighted by molar-refractivity contribution is 0.0198. The van der Waals surface area contributed by atoms with Gasteiger partial charge in [0.05, 0.1) is 12.1 Å². The molecule has 1 aliphatic rings. The molecule has 0 aromatic heterocycles. The van der Waals surface area contributed by atoms with Gasteiger partial charge < -0.3 is 14.7 Å². The molecule has 0 bridgehead atoms. The van der Waals surface area contributed by atoms with Crippen LogP contribution in [0, 0.1) is 0 Å². The number of hydrogen-bond acceptors (Lipinski definition) is 4. The number of ether oxygens (including phenoxy) is 1. The van der Waals surface area contributed by atoms with Crippen LogP contribution in [0.15, 0.2) is 35.4 Å². The number of piperidine rings is 1. The Kier molecular flexibility index (Phi) is 5.03. The first-order valence-corrected chi connectivity index (χ1v) is 6.81. The lowest BCUT2D eigenvalue weighted by Gasteiger charge is -2.38. The number of rotatable bonds is 3. The largest absolute Gasteiger partial charge is 0.445 e. The van der Waals surface area contributed by atoms with Gasteiger partial charge in [0.15, 0.2) is 0 Å². The smallest absolute Gasteiger partial charge is 0.410 e. The molecule has 2 rings (SSSR count). The van der Waals surface area contributed by atoms with E-state index < -0.39 is 18.2 Å². The molecular formula is C14H18N4O3. The number of carbonyl (C=O) groups excluding carboxylic acids is 1. The van der Waals surface area contributed by atoms with Gasteiger partial charge >= 0.3 is 6.09 Å². The molecule has 0 saturated carbocycles. The van der Waals surface area contributed by atoms with Crippen molar-refractivity contribution in [1.82, 2.24) is 4.90 Å². The summed E-state index contributed by atoms with van der Waals surface area (Å²) in [4.78, 5) is 16.3. The first kappa shape index (κ1) is 15.2. The maximum Gasteiger partial charge on any atom is 0.410 e. The Labute approximate surface area is 122 Å². The van der Waals surface area contributed by atoms with Crippen molar-refractivity contribution in [2.45, 2.75) is 38.1 Å². The van der Waals surface area contributed by atoms with Crippen molar-refractivity contribution in [3.8, 4) is 0 Å². The van der Waals surface area contributed by atoms with Crippen molar-refractivity contribution in [2.75, 3.05) is 6.54 Å². The number of nitrogens with zero attached hydrogens (tertiary/aromatic N) is 4. The van der Waals surface area contributed by atoms with Gasteiger partial charge in [0.25, 0.3) is 0 Å². The number of carbonyl (C=O) groups is 1. The monoisotopic (exact) mass is 290 g/mol. The predicted molar refractivity (Wildman–Crippen MR) is 76.4 cm³/mol. The lowest BCUT2D eigenvalue weighted by atomic mass is 9.97. The van der Waals surface area contributed by atoms with Crippen LogP contribution in [0.1, 0.15) is 18.9 Å². The van der Waals surface area contributed by atoms with Gasteiger partial charge in [-0.15, -0.1) is 0 Å². The standard InChI is InChI=1S/C14H18N4O3/c1-10-7-13(19)12(16-17-15)8-18(10)14(20)21-9-11-5-3-2-4-6-11/h2-6,10,12-13,19H,7-9H2,1H3/t10-,12-,13-/m0/s1. The minimum absolute atomic E-state index is 0.159. The number of amides is 1. The first-order chi connectivity index (χ1) is 10.1. The average molecular weight is 290 g/mol. The van der Waals surface area contributed by atoms with Crippen LogP contribution in [0.2, 0.25) is 0 Å². The van der Waals surface area contributed by atoms with Crippen molar-refractivity contribution in [2.24, 2.45) is 5.11 Å². The number of aliphatic hydroxyl groups is 1. The highest BCUT2D eigenvalue weighted by atomic mass is 16.6. The Hall–Kier alpha value is -2.24. The third-order valence-electron chi connectivity index (χ3n) is 3.58. The molecule has 7 nitrogen and oxygen atoms in total. The van der Waals surface area contributed by atoms with Crippen molar-refractivity contribution >= 4 is 6.09 Å². The highest BCUT2D eigenvalue weighted by Crippen LogP contribution is 2.21. The summed E-state index contributed by atoms with van der Waals surface area (Å²) in [5.74, 6) is 0. The first-order valence-electron chi connectivity index (χ1n) is 6.81. The van der Waals surface area contributed by atoms with E-state index in [2.05, 4.69) is 10.0 Å². The molecule has 1 aromatic carbocycles. The van der Waals surface area contributed by atoms with Crippen LogP contribution in [0.4, 0.5) is 4.79 Å². The SMILES string of the molecule is C[C@H]1C[C@H](O)[C@@H](N=[N+]=[N-])CN1C(=O)OCc1ccccc1. The highest BCUT2D eigenvalue weighted by Gasteiger charge is 2.35. The van der Waals surface area contributed by atoms with Crippen LogP contribution >= 0.6 is 0 Å². The maximum absolute atomic E-state index is 12.1. The van der Waals surface area contributed by atoms with E-state index in [0.29, 0.717) is 6.42 Å². The molecule has 7 heteroatoms. The van der Waals surface area contributed by atoms with Gasteiger partial charge in [-0.3, -0.25) is 0 Å². The zero-order valence-corrected chi connectivity index (χ0v) is 11.8. The van der Waals surface area contributed by atoms with Crippen molar-refractivity contribution in [1.29, 1.82) is 0 Å². The fourth-order valence-corrected chi connectivity index (χ4v) is 2.37. The minimum atomic E-state index is -0.728. The fraction of sp³-hybridized carbons (Fsp3) is 0.500. The van der Waals surface area contributed by atoms with E-state index in [9.17, 15) is 9.90 Å². The summed E-state index contributed by atoms with van der Waals surface area (Å²) in [6.07, 6.45) is -0.824. The predicted octanol–water partition coefficient (Wildman–Crippen LogP) is 2.46. The molecule has 3 atom stereocenters. The molecule has 0 aliphatic carbocycles. The van der Waals surface area contributed by atoms with Crippen molar-refractivity contribution in [3.05, 3.63) is 46.3 Å². The molecule has 1 N–H and O–H groups in total. The van der Waals surface area contributed by atoms with Gasteiger partial charge in [-0.25, -0.2) is 4.79 Å². The summed E-state index contributed by atoms with van der Waals surface area (Å²) < 4.78 is 5.27. The molecule has 1 aromatic rings. The van der Waals surface area contributed by atoms with Gasteiger partial charge in [0.2, 0.25) is 0 Å². The summed E-state index contributed by atoms with van der Waals surface area (Å²) in [7, 11) is 0. The molecule has 1 aliphatic heterocycles. The lowest BCUT2D eigenvalue weighted by Crippen LogP contribution is -2.52. The van der Waals surface area contributed by atoms with Crippen molar-refractivity contribution in [3.63, 3.8) is 0 Å². The summed E-state index contributed by atoms with van der Waals surface area (Å²) in [6.45, 7) is 2.19. The molecule has 1 amide bonds. The topological polar surface area (TPSA) is 98.5 Å². The third-order valence-corrected chi connectivity index (χ3v) is 3.58. The summed E-state index contributed by atoms with van der Waals surface area (Å²) >= 11 is 0. The highest BCUT2D eigenvalue weighted by molar-refractivity contribution is 5.68. The number of benzene rings is 1. The summed E-state index contributed by atoms with van der Waals surface area (Å²) in [6, 6.07) is 8.61. The third kappa shape index (κ3) is 3.87. The molecule has 0 radical (unpaired) electrons. The quantitative estimate of drug-likeness (QED) is 0.525. The van der Waals surface area contributed by atoms with E-state index in [0.717, 1.165) is 5.56 Å². The minimum Gasteiger partial charge on any atom is -0.445 e. The maximum atomic E-state index is 12.1. The Morgan fingerprint density at radius 1 is 1.52 bits per heavy atom. The Balaban J connectivity index is 1.95. The van der Waals surface area contributed by atoms with Crippen LogP contribution in [0.3, 0.4) is 0 Å². The zero-order chi connectivity index (χ0) is 15.2. The Bertz CT molecular complexity index is 530. The fourth-order valence-electron chi connectivity index (χ4n) is 2.37. The van der Waals surface area contributed by atoms with E-state index in [-0.39, 0.29) is 19.2 Å². The second kappa shape index (κ2) is 6.97. The molecule has 0 unspecified atom stereocenters. The summed E-state index contributed by atoms with van der Waals surface area (Å²) in [5, 5.41) is 13.4. The molecule has 1 saturated heterocycles. The molecule has 112 valence electrons. The van der Waals surface area contributed by atoms with E-state index in [4.69, 9.17) is 10.3 Å². The van der Waals surface area contributed by atoms with E-state index >= 15 is 0 Å². The molecule has 0 spiro atoms. The van der Waals surface area contributed by atoms with Gasteiger partial charge in [-0.2, -0.15) is 0 Å². The number of hydrogen-bond donors (Lipinski definition) is 1. The van der Waals surface area contributed by atoms with Gasteiger partial charge in [0, 0.05) is 17.5 Å². The van der Waals surface area contributed by atoms with Crippen LogP contribution in [0.25, 0.3) is 10.4 Å². The van der Waals surface area contributed by atoms with Crippen LogP contribution in [-0.4, -0.2) is 40.8 Å². The van der Waals surface area contributed by atoms with Gasteiger partial charge in [-0.1, -0.05) is 35.4 Å². The van der Waals surface area contributed by atoms with Crippen molar-refractivity contribution < 1.29 is 14.6 Å². The summed E-state index contributed by atoms with van der Waals surface area (Å²) in [5.41, 5.74) is 9.40. The molecule has 1 fully saturated rings. The Morgan fingerprint density at radius 3 is 2.90 bits per heavy atom. The van der Waals surface area contributed by atoms with E-state index in [1.807, 2.05) is 37.3 Å². The van der Waals surface area contributed by atoms with Gasteiger partial charge in [0.1, 0.15) is 6.61 Å². The van der Waals surface area contributed by atoms with E-state index in [1.54, 1.807) is 0 Å². The number of azide groups is 1. The normalized spacial score (nSPS) is 25.0. The second-order valence-electron chi connectivity index (χ2n) is 5.12. The molecule has 21 heavy (non-hydrogen) atoms. The van der Waals surface area contributed by atoms with E-state index in [1.165, 1.54) is 4.90 Å². The molecular weight excluding hydrogens is 272 g/mol. The van der Waals surface area contributed by atoms with Gasteiger partial charge in [-0.05, 0) is 24.4 Å². The second-order valence-corrected chi connectivity index (χ2v) is 5.12. The molecule has 1 heterocycles. The number of likely N-dealkylation sites (tertiary alicyclic amines) is 1.